The summed E-state index contributed by atoms with van der Waals surface area (Å²) in [5, 5.41) is 3.98. The predicted molar refractivity (Wildman–Crippen MR) is 63.1 cm³/mol. The first-order chi connectivity index (χ1) is 8.43. The van der Waals surface area contributed by atoms with Crippen LogP contribution in [-0.2, 0) is 6.54 Å². The molecule has 2 aromatic rings. The van der Waals surface area contributed by atoms with Crippen molar-refractivity contribution in [3.05, 3.63) is 48.1 Å². The quantitative estimate of drug-likeness (QED) is 0.810. The number of rotatable bonds is 3. The number of nitrogens with zero attached hydrogens (tertiary/aromatic N) is 3. The van der Waals surface area contributed by atoms with E-state index in [0.717, 1.165) is 18.8 Å². The molecular formula is C13H15N3O. The summed E-state index contributed by atoms with van der Waals surface area (Å²) in [5.74, 6) is 0. The summed E-state index contributed by atoms with van der Waals surface area (Å²) in [6.45, 7) is 1.97. The molecule has 4 heteroatoms. The smallest absolute Gasteiger partial charge is 0.124 e. The van der Waals surface area contributed by atoms with Crippen LogP contribution in [0.1, 0.15) is 30.1 Å². The molecule has 3 rings (SSSR count). The molecule has 1 aliphatic rings. The second-order valence-corrected chi connectivity index (χ2v) is 4.41. The molecular weight excluding hydrogens is 214 g/mol. The summed E-state index contributed by atoms with van der Waals surface area (Å²) in [6.07, 6.45) is 7.84. The van der Waals surface area contributed by atoms with Crippen molar-refractivity contribution in [3.8, 4) is 0 Å². The summed E-state index contributed by atoms with van der Waals surface area (Å²) in [4.78, 5) is 6.64. The Kier molecular flexibility index (Phi) is 2.88. The minimum absolute atomic E-state index is 0.473. The maximum Gasteiger partial charge on any atom is 0.124 e. The number of pyridine rings is 1. The van der Waals surface area contributed by atoms with Gasteiger partial charge in [-0.25, -0.2) is 0 Å². The lowest BCUT2D eigenvalue weighted by molar-refractivity contribution is 0.240. The largest absolute Gasteiger partial charge is 0.364 e. The molecule has 1 saturated heterocycles. The molecule has 0 N–H and O–H groups in total. The molecule has 0 amide bonds. The molecule has 88 valence electrons. The Hall–Kier alpha value is -1.68. The van der Waals surface area contributed by atoms with Crippen molar-refractivity contribution in [2.75, 3.05) is 6.54 Å². The maximum atomic E-state index is 4.88. The first-order valence-corrected chi connectivity index (χ1v) is 5.97. The van der Waals surface area contributed by atoms with E-state index in [9.17, 15) is 0 Å². The highest BCUT2D eigenvalue weighted by Crippen LogP contribution is 2.32. The minimum atomic E-state index is 0.473. The van der Waals surface area contributed by atoms with Gasteiger partial charge in [0, 0.05) is 31.0 Å². The fraction of sp³-hybridized carbons (Fsp3) is 0.385. The molecule has 0 aliphatic carbocycles. The van der Waals surface area contributed by atoms with Crippen LogP contribution in [-0.4, -0.2) is 21.6 Å². The van der Waals surface area contributed by atoms with Gasteiger partial charge in [0.25, 0.3) is 0 Å². The van der Waals surface area contributed by atoms with Gasteiger partial charge < -0.3 is 4.52 Å². The molecule has 17 heavy (non-hydrogen) atoms. The molecule has 0 bridgehead atoms. The summed E-state index contributed by atoms with van der Waals surface area (Å²) in [5.41, 5.74) is 2.30. The third-order valence-electron chi connectivity index (χ3n) is 3.29. The first-order valence-electron chi connectivity index (χ1n) is 5.97. The molecule has 2 aromatic heterocycles. The van der Waals surface area contributed by atoms with Gasteiger partial charge in [-0.05, 0) is 31.0 Å². The van der Waals surface area contributed by atoms with E-state index in [1.54, 1.807) is 6.26 Å². The Balaban J connectivity index is 1.76. The minimum Gasteiger partial charge on any atom is -0.364 e. The molecule has 1 atom stereocenters. The average Bonchev–Trinajstić information content (AvgIpc) is 3.02. The van der Waals surface area contributed by atoms with Crippen LogP contribution >= 0.6 is 0 Å². The third kappa shape index (κ3) is 2.22. The Morgan fingerprint density at radius 1 is 1.41 bits per heavy atom. The van der Waals surface area contributed by atoms with E-state index in [0.29, 0.717) is 6.04 Å². The van der Waals surface area contributed by atoms with Crippen molar-refractivity contribution in [2.45, 2.75) is 25.4 Å². The molecule has 4 nitrogen and oxygen atoms in total. The van der Waals surface area contributed by atoms with Gasteiger partial charge in [-0.1, -0.05) is 11.2 Å². The zero-order valence-electron chi connectivity index (χ0n) is 9.62. The summed E-state index contributed by atoms with van der Waals surface area (Å²) in [7, 11) is 0. The van der Waals surface area contributed by atoms with Crippen molar-refractivity contribution >= 4 is 0 Å². The SMILES string of the molecule is c1cncc(C2CCCN2Cc2ccon2)c1. The van der Waals surface area contributed by atoms with Crippen LogP contribution in [0.3, 0.4) is 0 Å². The second-order valence-electron chi connectivity index (χ2n) is 4.41. The van der Waals surface area contributed by atoms with Gasteiger partial charge in [-0.3, -0.25) is 9.88 Å². The molecule has 1 aliphatic heterocycles. The standard InChI is InChI=1S/C13H15N3O/c1-3-11(9-14-6-1)13-4-2-7-16(13)10-12-5-8-17-15-12/h1,3,5-6,8-9,13H,2,4,7,10H2. The molecule has 0 spiro atoms. The van der Waals surface area contributed by atoms with Crippen LogP contribution in [0.25, 0.3) is 0 Å². The maximum absolute atomic E-state index is 4.88. The van der Waals surface area contributed by atoms with Crippen LogP contribution < -0.4 is 0 Å². The van der Waals surface area contributed by atoms with E-state index >= 15 is 0 Å². The second kappa shape index (κ2) is 4.67. The first kappa shape index (κ1) is 10.5. The lowest BCUT2D eigenvalue weighted by Gasteiger charge is -2.23. The van der Waals surface area contributed by atoms with Crippen LogP contribution in [0.5, 0.6) is 0 Å². The lowest BCUT2D eigenvalue weighted by atomic mass is 10.1. The highest BCUT2D eigenvalue weighted by Gasteiger charge is 2.26. The Labute approximate surface area is 100 Å². The molecule has 0 radical (unpaired) electrons. The zero-order chi connectivity index (χ0) is 11.5. The summed E-state index contributed by atoms with van der Waals surface area (Å²) < 4.78 is 4.88. The van der Waals surface area contributed by atoms with Gasteiger partial charge in [0.15, 0.2) is 0 Å². The van der Waals surface area contributed by atoms with Crippen LogP contribution in [0.2, 0.25) is 0 Å². The van der Waals surface area contributed by atoms with E-state index in [1.165, 1.54) is 18.4 Å². The van der Waals surface area contributed by atoms with Crippen LogP contribution in [0.15, 0.2) is 41.4 Å². The van der Waals surface area contributed by atoms with Gasteiger partial charge in [-0.2, -0.15) is 0 Å². The number of likely N-dealkylation sites (tertiary alicyclic amines) is 1. The third-order valence-corrected chi connectivity index (χ3v) is 3.29. The van der Waals surface area contributed by atoms with Crippen molar-refractivity contribution in [3.63, 3.8) is 0 Å². The normalized spacial score (nSPS) is 20.8. The topological polar surface area (TPSA) is 42.2 Å². The van der Waals surface area contributed by atoms with Crippen molar-refractivity contribution < 1.29 is 4.52 Å². The Bertz CT molecular complexity index is 455. The average molecular weight is 229 g/mol. The fourth-order valence-electron chi connectivity index (χ4n) is 2.49. The van der Waals surface area contributed by atoms with Crippen molar-refractivity contribution in [1.82, 2.24) is 15.0 Å². The van der Waals surface area contributed by atoms with Crippen molar-refractivity contribution in [1.29, 1.82) is 0 Å². The number of hydrogen-bond acceptors (Lipinski definition) is 4. The molecule has 1 fully saturated rings. The van der Waals surface area contributed by atoms with Gasteiger partial charge in [0.1, 0.15) is 6.26 Å². The molecule has 1 unspecified atom stereocenters. The Morgan fingerprint density at radius 3 is 3.18 bits per heavy atom. The van der Waals surface area contributed by atoms with Crippen molar-refractivity contribution in [2.24, 2.45) is 0 Å². The van der Waals surface area contributed by atoms with Gasteiger partial charge >= 0.3 is 0 Å². The van der Waals surface area contributed by atoms with Gasteiger partial charge in [0.2, 0.25) is 0 Å². The number of aromatic nitrogens is 2. The van der Waals surface area contributed by atoms with Gasteiger partial charge in [0.05, 0.1) is 5.69 Å². The van der Waals surface area contributed by atoms with E-state index in [-0.39, 0.29) is 0 Å². The number of hydrogen-bond donors (Lipinski definition) is 0. The van der Waals surface area contributed by atoms with Gasteiger partial charge in [-0.15, -0.1) is 0 Å². The van der Waals surface area contributed by atoms with Crippen LogP contribution in [0, 0.1) is 0 Å². The highest BCUT2D eigenvalue weighted by molar-refractivity contribution is 5.15. The highest BCUT2D eigenvalue weighted by atomic mass is 16.5. The molecule has 0 saturated carbocycles. The fourth-order valence-corrected chi connectivity index (χ4v) is 2.49. The Morgan fingerprint density at radius 2 is 2.41 bits per heavy atom. The zero-order valence-corrected chi connectivity index (χ0v) is 9.62. The van der Waals surface area contributed by atoms with Crippen LogP contribution in [0.4, 0.5) is 0 Å². The lowest BCUT2D eigenvalue weighted by Crippen LogP contribution is -2.22. The predicted octanol–water partition coefficient (Wildman–Crippen LogP) is 2.41. The monoisotopic (exact) mass is 229 g/mol. The van der Waals surface area contributed by atoms with E-state index < -0.39 is 0 Å². The van der Waals surface area contributed by atoms with E-state index in [4.69, 9.17) is 4.52 Å². The van der Waals surface area contributed by atoms with E-state index in [1.807, 2.05) is 24.5 Å². The molecule has 3 heterocycles. The summed E-state index contributed by atoms with van der Waals surface area (Å²) in [6, 6.07) is 6.56. The molecule has 0 aromatic carbocycles. The van der Waals surface area contributed by atoms with E-state index in [2.05, 4.69) is 21.1 Å². The summed E-state index contributed by atoms with van der Waals surface area (Å²) >= 11 is 0.